The molecule has 5 heteroatoms. The van der Waals surface area contributed by atoms with Crippen molar-refractivity contribution in [1.29, 1.82) is 5.26 Å². The van der Waals surface area contributed by atoms with E-state index in [1.54, 1.807) is 0 Å². The van der Waals surface area contributed by atoms with Crippen molar-refractivity contribution in [3.63, 3.8) is 0 Å². The summed E-state index contributed by atoms with van der Waals surface area (Å²) in [5.41, 5.74) is -0.296. The Labute approximate surface area is 98.1 Å². The van der Waals surface area contributed by atoms with Gasteiger partial charge in [0.15, 0.2) is 0 Å². The number of aromatic nitrogens is 1. The number of halogens is 3. The van der Waals surface area contributed by atoms with E-state index in [0.29, 0.717) is 5.56 Å². The molecule has 1 aromatic rings. The fourth-order valence-electron chi connectivity index (χ4n) is 1.65. The minimum atomic E-state index is -4.39. The highest BCUT2D eigenvalue weighted by Crippen LogP contribution is 2.33. The van der Waals surface area contributed by atoms with E-state index in [2.05, 4.69) is 4.98 Å². The maximum atomic E-state index is 12.5. The Morgan fingerprint density at radius 2 is 2.00 bits per heavy atom. The summed E-state index contributed by atoms with van der Waals surface area (Å²) in [6, 6.07) is 3.08. The molecule has 17 heavy (non-hydrogen) atoms. The highest BCUT2D eigenvalue weighted by molar-refractivity contribution is 5.25. The van der Waals surface area contributed by atoms with Gasteiger partial charge in [-0.25, -0.2) is 0 Å². The number of nitriles is 1. The first kappa shape index (κ1) is 13.5. The lowest BCUT2D eigenvalue weighted by Gasteiger charge is -2.19. The molecule has 0 spiro atoms. The van der Waals surface area contributed by atoms with Crippen LogP contribution in [0.3, 0.4) is 0 Å². The summed E-state index contributed by atoms with van der Waals surface area (Å²) >= 11 is 0. The molecule has 0 aliphatic heterocycles. The molecule has 0 saturated heterocycles. The van der Waals surface area contributed by atoms with E-state index in [0.717, 1.165) is 12.3 Å². The van der Waals surface area contributed by atoms with Crippen molar-refractivity contribution in [2.24, 2.45) is 5.92 Å². The molecule has 1 unspecified atom stereocenters. The van der Waals surface area contributed by atoms with Crippen LogP contribution in [-0.4, -0.2) is 4.98 Å². The third-order valence-electron chi connectivity index (χ3n) is 2.63. The van der Waals surface area contributed by atoms with Crippen LogP contribution in [0, 0.1) is 17.2 Å². The second-order valence-corrected chi connectivity index (χ2v) is 4.22. The maximum Gasteiger partial charge on any atom is 0.417 e. The Kier molecular flexibility index (Phi) is 4.11. The Balaban J connectivity index is 3.10. The lowest BCUT2D eigenvalue weighted by atomic mass is 9.86. The van der Waals surface area contributed by atoms with E-state index in [4.69, 9.17) is 5.26 Å². The first-order valence-corrected chi connectivity index (χ1v) is 5.25. The number of hydrogen-bond donors (Lipinski definition) is 0. The molecule has 2 nitrogen and oxygen atoms in total. The molecule has 0 aliphatic carbocycles. The molecule has 0 saturated carbocycles. The van der Waals surface area contributed by atoms with Gasteiger partial charge in [-0.2, -0.15) is 18.4 Å². The van der Waals surface area contributed by atoms with Crippen molar-refractivity contribution in [2.75, 3.05) is 0 Å². The number of hydrogen-bond acceptors (Lipinski definition) is 2. The van der Waals surface area contributed by atoms with Gasteiger partial charge in [0, 0.05) is 24.7 Å². The summed E-state index contributed by atoms with van der Waals surface area (Å²) in [5.74, 6) is -0.116. The zero-order chi connectivity index (χ0) is 13.1. The highest BCUT2D eigenvalue weighted by atomic mass is 19.4. The third-order valence-corrected chi connectivity index (χ3v) is 2.63. The minimum absolute atomic E-state index is 0.0972. The fourth-order valence-corrected chi connectivity index (χ4v) is 1.65. The van der Waals surface area contributed by atoms with Crippen LogP contribution in [0.4, 0.5) is 13.2 Å². The molecular formula is C12H13F3N2. The van der Waals surface area contributed by atoms with Gasteiger partial charge < -0.3 is 0 Å². The van der Waals surface area contributed by atoms with Crippen molar-refractivity contribution in [1.82, 2.24) is 4.98 Å². The summed E-state index contributed by atoms with van der Waals surface area (Å²) in [6.07, 6.45) is -2.00. The maximum absolute atomic E-state index is 12.5. The lowest BCUT2D eigenvalue weighted by molar-refractivity contribution is -0.137. The number of alkyl halides is 3. The monoisotopic (exact) mass is 242 g/mol. The van der Waals surface area contributed by atoms with Gasteiger partial charge in [0.2, 0.25) is 0 Å². The third kappa shape index (κ3) is 3.45. The zero-order valence-corrected chi connectivity index (χ0v) is 9.62. The molecule has 1 rings (SSSR count). The Hall–Kier alpha value is -1.57. The average molecular weight is 242 g/mol. The van der Waals surface area contributed by atoms with Crippen LogP contribution in [0.5, 0.6) is 0 Å². The molecule has 1 atom stereocenters. The van der Waals surface area contributed by atoms with Gasteiger partial charge in [0.1, 0.15) is 0 Å². The van der Waals surface area contributed by atoms with Gasteiger partial charge in [-0.05, 0) is 17.5 Å². The molecule has 0 bridgehead atoms. The van der Waals surface area contributed by atoms with E-state index in [1.165, 1.54) is 6.20 Å². The van der Waals surface area contributed by atoms with Gasteiger partial charge in [-0.1, -0.05) is 13.8 Å². The van der Waals surface area contributed by atoms with Crippen molar-refractivity contribution in [3.05, 3.63) is 29.6 Å². The largest absolute Gasteiger partial charge is 0.417 e. The first-order valence-electron chi connectivity index (χ1n) is 5.25. The summed E-state index contributed by atoms with van der Waals surface area (Å²) in [7, 11) is 0. The summed E-state index contributed by atoms with van der Waals surface area (Å²) in [6.45, 7) is 3.75. The minimum Gasteiger partial charge on any atom is -0.264 e. The summed E-state index contributed by atoms with van der Waals surface area (Å²) < 4.78 is 37.5. The van der Waals surface area contributed by atoms with E-state index < -0.39 is 11.7 Å². The van der Waals surface area contributed by atoms with E-state index in [-0.39, 0.29) is 18.3 Å². The molecule has 0 aromatic carbocycles. The van der Waals surface area contributed by atoms with Gasteiger partial charge in [0.05, 0.1) is 11.6 Å². The van der Waals surface area contributed by atoms with Gasteiger partial charge in [-0.3, -0.25) is 4.98 Å². The van der Waals surface area contributed by atoms with Gasteiger partial charge in [0.25, 0.3) is 0 Å². The van der Waals surface area contributed by atoms with Crippen LogP contribution in [-0.2, 0) is 6.18 Å². The van der Waals surface area contributed by atoms with Crippen molar-refractivity contribution < 1.29 is 13.2 Å². The van der Waals surface area contributed by atoms with Crippen LogP contribution >= 0.6 is 0 Å². The molecule has 92 valence electrons. The number of nitrogens with zero attached hydrogens (tertiary/aromatic N) is 2. The first-order chi connectivity index (χ1) is 7.86. The quantitative estimate of drug-likeness (QED) is 0.809. The predicted molar refractivity (Wildman–Crippen MR) is 57.0 cm³/mol. The Bertz CT molecular complexity index is 418. The standard InChI is InChI=1S/C12H13F3N2/c1-8(2)11(3-4-16)9-5-10(7-17-6-9)12(13,14)15/h5-8,11H,3H2,1-2H3. The molecule has 1 heterocycles. The smallest absolute Gasteiger partial charge is 0.264 e. The number of pyridine rings is 1. The van der Waals surface area contributed by atoms with Crippen molar-refractivity contribution in [2.45, 2.75) is 32.4 Å². The van der Waals surface area contributed by atoms with E-state index in [1.807, 2.05) is 19.9 Å². The predicted octanol–water partition coefficient (Wildman–Crippen LogP) is 3.75. The number of rotatable bonds is 3. The molecule has 0 aliphatic rings. The van der Waals surface area contributed by atoms with Gasteiger partial charge in [-0.15, -0.1) is 0 Å². The zero-order valence-electron chi connectivity index (χ0n) is 9.62. The van der Waals surface area contributed by atoms with Crippen LogP contribution < -0.4 is 0 Å². The summed E-state index contributed by atoms with van der Waals surface area (Å²) in [5, 5.41) is 8.68. The van der Waals surface area contributed by atoms with Crippen LogP contribution in [0.15, 0.2) is 18.5 Å². The Morgan fingerprint density at radius 1 is 1.35 bits per heavy atom. The lowest BCUT2D eigenvalue weighted by Crippen LogP contribution is -2.10. The molecular weight excluding hydrogens is 229 g/mol. The Morgan fingerprint density at radius 3 is 2.47 bits per heavy atom. The molecule has 0 radical (unpaired) electrons. The van der Waals surface area contributed by atoms with Crippen LogP contribution in [0.2, 0.25) is 0 Å². The average Bonchev–Trinajstić information content (AvgIpc) is 2.24. The molecule has 0 amide bonds. The topological polar surface area (TPSA) is 36.7 Å². The van der Waals surface area contributed by atoms with Crippen LogP contribution in [0.25, 0.3) is 0 Å². The highest BCUT2D eigenvalue weighted by Gasteiger charge is 2.31. The van der Waals surface area contributed by atoms with E-state index in [9.17, 15) is 13.2 Å². The SMILES string of the molecule is CC(C)C(CC#N)c1cncc(C(F)(F)F)c1. The van der Waals surface area contributed by atoms with E-state index >= 15 is 0 Å². The van der Waals surface area contributed by atoms with Crippen molar-refractivity contribution >= 4 is 0 Å². The molecule has 0 N–H and O–H groups in total. The normalized spacial score (nSPS) is 13.5. The molecule has 1 aromatic heterocycles. The van der Waals surface area contributed by atoms with Crippen LogP contribution in [0.1, 0.15) is 37.3 Å². The summed E-state index contributed by atoms with van der Waals surface area (Å²) in [4.78, 5) is 3.61. The molecule has 0 fully saturated rings. The fraction of sp³-hybridized carbons (Fsp3) is 0.500. The van der Waals surface area contributed by atoms with Crippen molar-refractivity contribution in [3.8, 4) is 6.07 Å². The second-order valence-electron chi connectivity index (χ2n) is 4.22. The second kappa shape index (κ2) is 5.17. The van der Waals surface area contributed by atoms with Gasteiger partial charge >= 0.3 is 6.18 Å².